The number of carboxylic acid groups (broad SMARTS) is 1. The van der Waals surface area contributed by atoms with E-state index < -0.39 is 10.9 Å². The molecule has 112 valence electrons. The summed E-state index contributed by atoms with van der Waals surface area (Å²) in [6.45, 7) is 0. The third-order valence-electron chi connectivity index (χ3n) is 2.62. The highest BCUT2D eigenvalue weighted by Crippen LogP contribution is 2.33. The summed E-state index contributed by atoms with van der Waals surface area (Å²) >= 11 is 5.83. The van der Waals surface area contributed by atoms with Gasteiger partial charge in [-0.05, 0) is 35.9 Å². The topological polar surface area (TPSA) is 89.7 Å². The fourth-order valence-corrected chi connectivity index (χ4v) is 1.87. The second kappa shape index (κ2) is 6.73. The molecule has 0 aliphatic carbocycles. The first-order valence-electron chi connectivity index (χ1n) is 6.08. The molecule has 7 heteroatoms. The molecule has 0 aliphatic heterocycles. The molecule has 0 heterocycles. The van der Waals surface area contributed by atoms with Crippen molar-refractivity contribution < 1.29 is 19.6 Å². The number of carboxylic acids is 1. The van der Waals surface area contributed by atoms with Crippen LogP contribution < -0.4 is 4.74 Å². The molecule has 2 aromatic rings. The lowest BCUT2D eigenvalue weighted by atomic mass is 10.1. The Hall–Kier alpha value is -2.86. The SMILES string of the molecule is O=C(O)/C=C/c1ccc(Oc2cccc(Cl)c2)c([N+](=O)[O-])c1. The van der Waals surface area contributed by atoms with Gasteiger partial charge in [0.15, 0.2) is 0 Å². The lowest BCUT2D eigenvalue weighted by molar-refractivity contribution is -0.385. The van der Waals surface area contributed by atoms with Gasteiger partial charge in [0, 0.05) is 17.2 Å². The van der Waals surface area contributed by atoms with E-state index in [1.165, 1.54) is 30.3 Å². The van der Waals surface area contributed by atoms with E-state index >= 15 is 0 Å². The molecule has 0 aliphatic rings. The van der Waals surface area contributed by atoms with E-state index in [4.69, 9.17) is 21.4 Å². The number of aliphatic carboxylic acids is 1. The molecular formula is C15H10ClNO5. The second-order valence-corrected chi connectivity index (χ2v) is 4.65. The van der Waals surface area contributed by atoms with E-state index in [0.717, 1.165) is 6.08 Å². The predicted octanol–water partition coefficient (Wildman–Crippen LogP) is 4.14. The highest BCUT2D eigenvalue weighted by atomic mass is 35.5. The first-order valence-corrected chi connectivity index (χ1v) is 6.46. The van der Waals surface area contributed by atoms with Crippen LogP contribution in [0.1, 0.15) is 5.56 Å². The van der Waals surface area contributed by atoms with Crippen LogP contribution in [-0.4, -0.2) is 16.0 Å². The monoisotopic (exact) mass is 319 g/mol. The summed E-state index contributed by atoms with van der Waals surface area (Å²) in [5, 5.41) is 20.1. The molecule has 0 aromatic heterocycles. The van der Waals surface area contributed by atoms with E-state index in [1.807, 2.05) is 0 Å². The van der Waals surface area contributed by atoms with Crippen molar-refractivity contribution >= 4 is 29.3 Å². The quantitative estimate of drug-likeness (QED) is 0.508. The number of ether oxygens (including phenoxy) is 1. The van der Waals surface area contributed by atoms with Gasteiger partial charge in [-0.1, -0.05) is 23.7 Å². The number of carbonyl (C=O) groups is 1. The molecule has 0 saturated carbocycles. The van der Waals surface area contributed by atoms with Gasteiger partial charge in [0.1, 0.15) is 5.75 Å². The molecule has 0 spiro atoms. The van der Waals surface area contributed by atoms with Crippen LogP contribution in [0.5, 0.6) is 11.5 Å². The molecule has 2 aromatic carbocycles. The Balaban J connectivity index is 2.35. The van der Waals surface area contributed by atoms with Crippen molar-refractivity contribution in [3.63, 3.8) is 0 Å². The van der Waals surface area contributed by atoms with E-state index in [-0.39, 0.29) is 11.4 Å². The Morgan fingerprint density at radius 2 is 2.05 bits per heavy atom. The molecule has 0 unspecified atom stereocenters. The van der Waals surface area contributed by atoms with Gasteiger partial charge in [0.25, 0.3) is 0 Å². The van der Waals surface area contributed by atoms with Crippen molar-refractivity contribution in [2.75, 3.05) is 0 Å². The van der Waals surface area contributed by atoms with Crippen LogP contribution in [0.2, 0.25) is 5.02 Å². The molecule has 0 atom stereocenters. The van der Waals surface area contributed by atoms with Crippen LogP contribution in [0.15, 0.2) is 48.5 Å². The molecule has 6 nitrogen and oxygen atoms in total. The van der Waals surface area contributed by atoms with Crippen LogP contribution in [0.25, 0.3) is 6.08 Å². The van der Waals surface area contributed by atoms with Gasteiger partial charge >= 0.3 is 11.7 Å². The summed E-state index contributed by atoms with van der Waals surface area (Å²) in [4.78, 5) is 21.0. The minimum atomic E-state index is -1.14. The van der Waals surface area contributed by atoms with Crippen molar-refractivity contribution in [3.05, 3.63) is 69.2 Å². The number of halogens is 1. The fourth-order valence-electron chi connectivity index (χ4n) is 1.69. The van der Waals surface area contributed by atoms with Gasteiger partial charge in [-0.3, -0.25) is 10.1 Å². The maximum Gasteiger partial charge on any atom is 0.328 e. The van der Waals surface area contributed by atoms with Gasteiger partial charge in [-0.2, -0.15) is 0 Å². The average molecular weight is 320 g/mol. The first kappa shape index (κ1) is 15.5. The van der Waals surface area contributed by atoms with Crippen LogP contribution in [0.3, 0.4) is 0 Å². The summed E-state index contributed by atoms with van der Waals surface area (Å²) in [6.07, 6.45) is 2.16. The number of nitrogens with zero attached hydrogens (tertiary/aromatic N) is 1. The molecule has 0 bridgehead atoms. The molecule has 2 rings (SSSR count). The average Bonchev–Trinajstić information content (AvgIpc) is 2.46. The molecular weight excluding hydrogens is 310 g/mol. The molecule has 0 amide bonds. The van der Waals surface area contributed by atoms with Gasteiger partial charge in [0.05, 0.1) is 4.92 Å². The smallest absolute Gasteiger partial charge is 0.328 e. The van der Waals surface area contributed by atoms with Crippen LogP contribution in [0, 0.1) is 10.1 Å². The molecule has 0 saturated heterocycles. The van der Waals surface area contributed by atoms with Gasteiger partial charge in [-0.25, -0.2) is 4.79 Å². The third-order valence-corrected chi connectivity index (χ3v) is 2.86. The maximum atomic E-state index is 11.1. The molecule has 1 N–H and O–H groups in total. The number of benzene rings is 2. The zero-order valence-corrected chi connectivity index (χ0v) is 11.9. The lowest BCUT2D eigenvalue weighted by Gasteiger charge is -2.07. The maximum absolute atomic E-state index is 11.1. The summed E-state index contributed by atoms with van der Waals surface area (Å²) in [5.74, 6) is -0.730. The third kappa shape index (κ3) is 4.07. The number of rotatable bonds is 5. The zero-order valence-electron chi connectivity index (χ0n) is 11.1. The Morgan fingerprint density at radius 1 is 1.27 bits per heavy atom. The highest BCUT2D eigenvalue weighted by Gasteiger charge is 2.16. The fraction of sp³-hybridized carbons (Fsp3) is 0. The van der Waals surface area contributed by atoms with E-state index in [0.29, 0.717) is 16.3 Å². The van der Waals surface area contributed by atoms with Gasteiger partial charge in [0.2, 0.25) is 5.75 Å². The minimum absolute atomic E-state index is 0.0414. The Labute approximate surface area is 130 Å². The van der Waals surface area contributed by atoms with Gasteiger partial charge in [-0.15, -0.1) is 0 Å². The molecule has 0 fully saturated rings. The van der Waals surface area contributed by atoms with E-state index in [9.17, 15) is 14.9 Å². The van der Waals surface area contributed by atoms with Crippen LogP contribution >= 0.6 is 11.6 Å². The number of hydrogen-bond acceptors (Lipinski definition) is 4. The van der Waals surface area contributed by atoms with Crippen molar-refractivity contribution in [2.24, 2.45) is 0 Å². The Kier molecular flexibility index (Phi) is 4.75. The number of hydrogen-bond donors (Lipinski definition) is 1. The van der Waals surface area contributed by atoms with E-state index in [1.54, 1.807) is 18.2 Å². The number of nitro benzene ring substituents is 1. The standard InChI is InChI=1S/C15H10ClNO5/c16-11-2-1-3-12(9-11)22-14-6-4-10(5-7-15(18)19)8-13(14)17(20)21/h1-9H,(H,18,19)/b7-5+. The van der Waals surface area contributed by atoms with Gasteiger partial charge < -0.3 is 9.84 Å². The number of nitro groups is 1. The normalized spacial score (nSPS) is 10.6. The summed E-state index contributed by atoms with van der Waals surface area (Å²) in [5.41, 5.74) is 0.111. The lowest BCUT2D eigenvalue weighted by Crippen LogP contribution is -1.94. The summed E-state index contributed by atoms with van der Waals surface area (Å²) in [7, 11) is 0. The summed E-state index contributed by atoms with van der Waals surface area (Å²) < 4.78 is 5.47. The second-order valence-electron chi connectivity index (χ2n) is 4.22. The van der Waals surface area contributed by atoms with E-state index in [2.05, 4.69) is 0 Å². The zero-order chi connectivity index (χ0) is 16.1. The Morgan fingerprint density at radius 3 is 2.68 bits per heavy atom. The summed E-state index contributed by atoms with van der Waals surface area (Å²) in [6, 6.07) is 10.6. The van der Waals surface area contributed by atoms with Crippen molar-refractivity contribution in [2.45, 2.75) is 0 Å². The van der Waals surface area contributed by atoms with Crippen molar-refractivity contribution in [1.29, 1.82) is 0 Å². The minimum Gasteiger partial charge on any atom is -0.478 e. The predicted molar refractivity (Wildman–Crippen MR) is 81.3 cm³/mol. The molecule has 0 radical (unpaired) electrons. The van der Waals surface area contributed by atoms with Crippen LogP contribution in [0.4, 0.5) is 5.69 Å². The Bertz CT molecular complexity index is 757. The first-order chi connectivity index (χ1) is 10.5. The highest BCUT2D eigenvalue weighted by molar-refractivity contribution is 6.30. The molecule has 22 heavy (non-hydrogen) atoms. The largest absolute Gasteiger partial charge is 0.478 e. The van der Waals surface area contributed by atoms with Crippen molar-refractivity contribution in [3.8, 4) is 11.5 Å². The van der Waals surface area contributed by atoms with Crippen LogP contribution in [-0.2, 0) is 4.79 Å². The van der Waals surface area contributed by atoms with Crippen molar-refractivity contribution in [1.82, 2.24) is 0 Å².